The summed E-state index contributed by atoms with van der Waals surface area (Å²) in [6, 6.07) is 6.30. The van der Waals surface area contributed by atoms with Crippen molar-refractivity contribution in [3.63, 3.8) is 0 Å². The van der Waals surface area contributed by atoms with E-state index in [2.05, 4.69) is 39.2 Å². The smallest absolute Gasteiger partial charge is 0.141 e. The van der Waals surface area contributed by atoms with Crippen LogP contribution in [0.4, 0.5) is 10.2 Å². The van der Waals surface area contributed by atoms with Crippen LogP contribution in [0.15, 0.2) is 40.6 Å². The molecule has 0 fully saturated rings. The van der Waals surface area contributed by atoms with Crippen molar-refractivity contribution >= 4 is 29.0 Å². The van der Waals surface area contributed by atoms with Crippen LogP contribution in [0.25, 0.3) is 0 Å². The third-order valence-electron chi connectivity index (χ3n) is 5.06. The average Bonchev–Trinajstić information content (AvgIpc) is 3.15. The number of halogens is 2. The van der Waals surface area contributed by atoms with Crippen molar-refractivity contribution in [2.24, 2.45) is 10.1 Å². The number of hydrogen-bond acceptors (Lipinski definition) is 5. The van der Waals surface area contributed by atoms with Gasteiger partial charge in [-0.2, -0.15) is 0 Å². The molecule has 0 amide bonds. The number of aliphatic imine (C=N–C) groups is 1. The molecule has 1 aromatic carbocycles. The van der Waals surface area contributed by atoms with Crippen LogP contribution in [0.5, 0.6) is 0 Å². The third kappa shape index (κ3) is 5.10. The highest BCUT2D eigenvalue weighted by Crippen LogP contribution is 2.26. The van der Waals surface area contributed by atoms with E-state index in [4.69, 9.17) is 11.6 Å². The van der Waals surface area contributed by atoms with Crippen molar-refractivity contribution in [3.8, 4) is 0 Å². The third-order valence-corrected chi connectivity index (χ3v) is 5.35. The number of pyridine rings is 1. The van der Waals surface area contributed by atoms with Crippen LogP contribution >= 0.6 is 11.6 Å². The molecule has 0 radical (unpaired) electrons. The van der Waals surface area contributed by atoms with Gasteiger partial charge in [0, 0.05) is 36.7 Å². The maximum atomic E-state index is 13.4. The molecule has 2 N–H and O–H groups in total. The molecule has 8 heteroatoms. The molecule has 1 aliphatic rings. The van der Waals surface area contributed by atoms with Gasteiger partial charge in [-0.05, 0) is 36.9 Å². The lowest BCUT2D eigenvalue weighted by Gasteiger charge is -2.16. The van der Waals surface area contributed by atoms with Crippen molar-refractivity contribution in [1.82, 2.24) is 9.88 Å². The maximum Gasteiger partial charge on any atom is 0.141 e. The summed E-state index contributed by atoms with van der Waals surface area (Å²) in [6.07, 6.45) is 2.59. The second-order valence-electron chi connectivity index (χ2n) is 6.81. The first-order valence-corrected chi connectivity index (χ1v) is 10.1. The number of benzene rings is 1. The molecule has 6 nitrogen and oxygen atoms in total. The minimum atomic E-state index is -0.475. The summed E-state index contributed by atoms with van der Waals surface area (Å²) in [7, 11) is 0. The number of anilines is 1. The fraction of sp³-hybridized carbons (Fsp3) is 0.381. The van der Waals surface area contributed by atoms with Gasteiger partial charge < -0.3 is 15.4 Å². The summed E-state index contributed by atoms with van der Waals surface area (Å²) in [5, 5.41) is 16.4. The summed E-state index contributed by atoms with van der Waals surface area (Å²) in [4.78, 5) is 11.4. The summed E-state index contributed by atoms with van der Waals surface area (Å²) >= 11 is 5.87. The predicted molar refractivity (Wildman–Crippen MR) is 115 cm³/mol. The van der Waals surface area contributed by atoms with Gasteiger partial charge in [-0.25, -0.2) is 9.37 Å². The molecular weight excluding hydrogens is 393 g/mol. The first kappa shape index (κ1) is 21.2. The Labute approximate surface area is 175 Å². The van der Waals surface area contributed by atoms with Gasteiger partial charge in [-0.3, -0.25) is 4.99 Å². The van der Waals surface area contributed by atoms with Crippen molar-refractivity contribution in [1.29, 1.82) is 0 Å². The van der Waals surface area contributed by atoms with Gasteiger partial charge in [-0.15, -0.1) is 0 Å². The van der Waals surface area contributed by atoms with Gasteiger partial charge >= 0.3 is 0 Å². The van der Waals surface area contributed by atoms with E-state index in [0.29, 0.717) is 25.1 Å². The summed E-state index contributed by atoms with van der Waals surface area (Å²) < 4.78 is 13.4. The summed E-state index contributed by atoms with van der Waals surface area (Å²) in [5.74, 6) is 1.11. The highest BCUT2D eigenvalue weighted by atomic mass is 35.5. The Kier molecular flexibility index (Phi) is 7.17. The largest absolute Gasteiger partial charge is 0.411 e. The van der Waals surface area contributed by atoms with Gasteiger partial charge in [0.1, 0.15) is 17.5 Å². The molecule has 1 aromatic heterocycles. The standard InChI is InChI=1S/C21H25ClFN5O/c1-3-28(4-2)10-9-24-20-13-16-15(7-8-25-21(16)26-20)19(27-29)12-14-5-6-18(23)17(22)11-14/h5-8,11,29H,3-4,9-10,12-13H2,1-2H3,(H,24,25,26)/b27-19+. The van der Waals surface area contributed by atoms with Crippen LogP contribution in [0.1, 0.15) is 30.5 Å². The van der Waals surface area contributed by atoms with E-state index < -0.39 is 5.82 Å². The number of amidine groups is 1. The van der Waals surface area contributed by atoms with Crippen molar-refractivity contribution in [3.05, 3.63) is 58.0 Å². The molecule has 154 valence electrons. The molecular formula is C21H25ClFN5O. The molecule has 2 aromatic rings. The second-order valence-corrected chi connectivity index (χ2v) is 7.22. The average molecular weight is 418 g/mol. The van der Waals surface area contributed by atoms with Gasteiger partial charge in [0.05, 0.1) is 17.3 Å². The Morgan fingerprint density at radius 2 is 2.10 bits per heavy atom. The number of fused-ring (bicyclic) bond motifs is 1. The Morgan fingerprint density at radius 3 is 2.79 bits per heavy atom. The zero-order valence-electron chi connectivity index (χ0n) is 16.6. The quantitative estimate of drug-likeness (QED) is 0.387. The molecule has 0 spiro atoms. The lowest BCUT2D eigenvalue weighted by Crippen LogP contribution is -2.26. The number of likely N-dealkylation sites (N-methyl/N-ethyl adjacent to an activating group) is 1. The first-order valence-electron chi connectivity index (χ1n) is 9.71. The normalized spacial score (nSPS) is 15.1. The molecule has 0 saturated carbocycles. The zero-order chi connectivity index (χ0) is 20.8. The first-order chi connectivity index (χ1) is 14.0. The van der Waals surface area contributed by atoms with E-state index in [0.717, 1.165) is 48.0 Å². The topological polar surface area (TPSA) is 73.1 Å². The highest BCUT2D eigenvalue weighted by molar-refractivity contribution is 6.30. The van der Waals surface area contributed by atoms with Crippen molar-refractivity contribution in [2.45, 2.75) is 26.7 Å². The molecule has 0 aliphatic carbocycles. The SMILES string of the molecule is CCN(CC)CCN=C1Cc2c(/C(Cc3ccc(F)c(Cl)c3)=N/O)ccnc2N1. The molecule has 0 bridgehead atoms. The molecule has 3 rings (SSSR count). The van der Waals surface area contributed by atoms with Gasteiger partial charge in [0.25, 0.3) is 0 Å². The van der Waals surface area contributed by atoms with Gasteiger partial charge in [0.2, 0.25) is 0 Å². The maximum absolute atomic E-state index is 13.4. The van der Waals surface area contributed by atoms with E-state index in [1.54, 1.807) is 18.3 Å². The number of oxime groups is 1. The monoisotopic (exact) mass is 417 g/mol. The number of rotatable bonds is 8. The number of hydrogen-bond donors (Lipinski definition) is 2. The Morgan fingerprint density at radius 1 is 1.31 bits per heavy atom. The van der Waals surface area contributed by atoms with E-state index in [9.17, 15) is 9.60 Å². The summed E-state index contributed by atoms with van der Waals surface area (Å²) in [6.45, 7) is 7.90. The lowest BCUT2D eigenvalue weighted by molar-refractivity contribution is 0.313. The molecule has 29 heavy (non-hydrogen) atoms. The van der Waals surface area contributed by atoms with E-state index in [1.165, 1.54) is 6.07 Å². The summed E-state index contributed by atoms with van der Waals surface area (Å²) in [5.41, 5.74) is 2.96. The zero-order valence-corrected chi connectivity index (χ0v) is 17.4. The van der Waals surface area contributed by atoms with Crippen LogP contribution in [0.3, 0.4) is 0 Å². The number of nitrogens with zero attached hydrogens (tertiary/aromatic N) is 4. The van der Waals surface area contributed by atoms with Crippen molar-refractivity contribution in [2.75, 3.05) is 31.5 Å². The molecule has 0 atom stereocenters. The van der Waals surface area contributed by atoms with Crippen LogP contribution in [0, 0.1) is 5.82 Å². The molecule has 1 aliphatic heterocycles. The molecule has 0 unspecified atom stereocenters. The fourth-order valence-corrected chi connectivity index (χ4v) is 3.59. The van der Waals surface area contributed by atoms with Gasteiger partial charge in [0.15, 0.2) is 0 Å². The minimum absolute atomic E-state index is 0.0454. The Balaban J connectivity index is 1.76. The second kappa shape index (κ2) is 9.80. The van der Waals surface area contributed by atoms with Crippen LogP contribution in [-0.4, -0.2) is 52.8 Å². The molecule has 0 saturated heterocycles. The molecule has 2 heterocycles. The predicted octanol–water partition coefficient (Wildman–Crippen LogP) is 4.00. The van der Waals surface area contributed by atoms with E-state index >= 15 is 0 Å². The van der Waals surface area contributed by atoms with Crippen LogP contribution < -0.4 is 5.32 Å². The van der Waals surface area contributed by atoms with Gasteiger partial charge in [-0.1, -0.05) is 36.7 Å². The van der Waals surface area contributed by atoms with E-state index in [1.807, 2.05) is 6.07 Å². The highest BCUT2D eigenvalue weighted by Gasteiger charge is 2.23. The Bertz CT molecular complexity index is 927. The number of aromatic nitrogens is 1. The Hall–Kier alpha value is -2.51. The lowest BCUT2D eigenvalue weighted by atomic mass is 9.98. The van der Waals surface area contributed by atoms with Crippen molar-refractivity contribution < 1.29 is 9.60 Å². The van der Waals surface area contributed by atoms with E-state index in [-0.39, 0.29) is 5.02 Å². The van der Waals surface area contributed by atoms with Crippen LogP contribution in [-0.2, 0) is 12.8 Å². The number of nitrogens with one attached hydrogen (secondary N) is 1. The fourth-order valence-electron chi connectivity index (χ4n) is 3.39. The minimum Gasteiger partial charge on any atom is -0.411 e. The van der Waals surface area contributed by atoms with Crippen LogP contribution in [0.2, 0.25) is 5.02 Å².